The molecule has 0 bridgehead atoms. The Kier molecular flexibility index (Phi) is 6.61. The van der Waals surface area contributed by atoms with Crippen LogP contribution in [0.3, 0.4) is 0 Å². The molecule has 1 aromatic carbocycles. The summed E-state index contributed by atoms with van der Waals surface area (Å²) >= 11 is 1.18. The lowest BCUT2D eigenvalue weighted by Gasteiger charge is -2.25. The van der Waals surface area contributed by atoms with Crippen LogP contribution in [-0.4, -0.2) is 47.4 Å². The summed E-state index contributed by atoms with van der Waals surface area (Å²) in [6.45, 7) is 0.940. The molecule has 0 radical (unpaired) electrons. The highest BCUT2D eigenvalue weighted by molar-refractivity contribution is 7.99. The van der Waals surface area contributed by atoms with Gasteiger partial charge in [-0.05, 0) is 43.4 Å². The van der Waals surface area contributed by atoms with E-state index < -0.39 is 23.5 Å². The van der Waals surface area contributed by atoms with Gasteiger partial charge in [-0.15, -0.1) is 18.2 Å². The van der Waals surface area contributed by atoms with Gasteiger partial charge >= 0.3 is 0 Å². The zero-order valence-electron chi connectivity index (χ0n) is 14.6. The molecule has 0 fully saturated rings. The topological polar surface area (TPSA) is 88.0 Å². The Hall–Kier alpha value is -2.56. The number of thioether (sulfide) groups is 1. The summed E-state index contributed by atoms with van der Waals surface area (Å²) in [4.78, 5) is 27.7. The largest absolute Gasteiger partial charge is 0.470 e. The SMILES string of the molecule is C#CC1=CCc2cc(OC(SC)C(=O)NC(C)(C=O)CO)ccc2N=C1. The van der Waals surface area contributed by atoms with Crippen molar-refractivity contribution in [2.24, 2.45) is 4.99 Å². The lowest BCUT2D eigenvalue weighted by atomic mass is 10.1. The molecule has 2 rings (SSSR count). The predicted molar refractivity (Wildman–Crippen MR) is 103 cm³/mol. The normalized spacial score (nSPS) is 16.2. The predicted octanol–water partition coefficient (Wildman–Crippen LogP) is 1.64. The average Bonchev–Trinajstić information content (AvgIpc) is 2.87. The molecule has 2 atom stereocenters. The molecule has 1 heterocycles. The van der Waals surface area contributed by atoms with Crippen molar-refractivity contribution in [1.29, 1.82) is 0 Å². The van der Waals surface area contributed by atoms with Gasteiger partial charge in [-0.1, -0.05) is 12.0 Å². The van der Waals surface area contributed by atoms with Crippen molar-refractivity contribution in [3.63, 3.8) is 0 Å². The van der Waals surface area contributed by atoms with Crippen molar-refractivity contribution >= 4 is 35.9 Å². The van der Waals surface area contributed by atoms with Crippen LogP contribution in [0.2, 0.25) is 0 Å². The third kappa shape index (κ3) is 4.75. The second kappa shape index (κ2) is 8.70. The first-order valence-corrected chi connectivity index (χ1v) is 9.16. The minimum Gasteiger partial charge on any atom is -0.470 e. The van der Waals surface area contributed by atoms with E-state index in [4.69, 9.17) is 11.2 Å². The van der Waals surface area contributed by atoms with Crippen LogP contribution in [0.1, 0.15) is 12.5 Å². The fraction of sp³-hybridized carbons (Fsp3) is 0.316. The summed E-state index contributed by atoms with van der Waals surface area (Å²) in [6, 6.07) is 5.33. The van der Waals surface area contributed by atoms with Crippen molar-refractivity contribution in [2.75, 3.05) is 12.9 Å². The molecule has 2 unspecified atom stereocenters. The van der Waals surface area contributed by atoms with E-state index in [0.29, 0.717) is 24.0 Å². The smallest absolute Gasteiger partial charge is 0.272 e. The van der Waals surface area contributed by atoms with E-state index in [0.717, 1.165) is 11.3 Å². The number of aliphatic hydroxyl groups excluding tert-OH is 1. The molecule has 7 heteroatoms. The highest BCUT2D eigenvalue weighted by Gasteiger charge is 2.29. The average molecular weight is 372 g/mol. The Labute approximate surface area is 156 Å². The second-order valence-corrected chi connectivity index (χ2v) is 6.82. The van der Waals surface area contributed by atoms with Crippen LogP contribution in [0.25, 0.3) is 0 Å². The standard InChI is InChI=1S/C19H20N2O4S/c1-4-13-5-6-14-9-15(7-8-16(14)20-10-13)25-18(26-3)17(24)21-19(2,11-22)12-23/h1,5,7-11,18,23H,6,12H2,2-3H3,(H,21,24). The summed E-state index contributed by atoms with van der Waals surface area (Å²) in [6.07, 6.45) is 11.8. The first kappa shape index (κ1) is 19.8. The molecular weight excluding hydrogens is 352 g/mol. The van der Waals surface area contributed by atoms with E-state index in [-0.39, 0.29) is 0 Å². The highest BCUT2D eigenvalue weighted by Crippen LogP contribution is 2.28. The quantitative estimate of drug-likeness (QED) is 0.432. The number of nitrogens with one attached hydrogen (secondary N) is 1. The molecule has 6 nitrogen and oxygen atoms in total. The van der Waals surface area contributed by atoms with Gasteiger partial charge in [-0.3, -0.25) is 9.79 Å². The number of rotatable bonds is 7. The Morgan fingerprint density at radius 3 is 3.00 bits per heavy atom. The van der Waals surface area contributed by atoms with Gasteiger partial charge in [0.15, 0.2) is 0 Å². The highest BCUT2D eigenvalue weighted by atomic mass is 32.2. The molecule has 1 amide bonds. The van der Waals surface area contributed by atoms with Crippen molar-refractivity contribution in [3.8, 4) is 18.1 Å². The summed E-state index contributed by atoms with van der Waals surface area (Å²) in [7, 11) is 0. The Morgan fingerprint density at radius 2 is 2.38 bits per heavy atom. The van der Waals surface area contributed by atoms with Gasteiger partial charge in [-0.2, -0.15) is 0 Å². The molecule has 0 aliphatic carbocycles. The molecule has 1 aromatic rings. The second-order valence-electron chi connectivity index (χ2n) is 5.92. The number of aliphatic hydroxyl groups is 1. The number of fused-ring (bicyclic) bond motifs is 1. The van der Waals surface area contributed by atoms with Crippen molar-refractivity contribution < 1.29 is 19.4 Å². The van der Waals surface area contributed by atoms with Crippen LogP contribution in [0, 0.1) is 12.3 Å². The lowest BCUT2D eigenvalue weighted by Crippen LogP contribution is -2.53. The van der Waals surface area contributed by atoms with E-state index in [2.05, 4.69) is 16.2 Å². The van der Waals surface area contributed by atoms with Crippen LogP contribution in [0.5, 0.6) is 5.75 Å². The molecule has 1 aliphatic heterocycles. The van der Waals surface area contributed by atoms with Crippen LogP contribution in [0.15, 0.2) is 34.8 Å². The Balaban J connectivity index is 2.15. The number of carbonyl (C=O) groups is 2. The van der Waals surface area contributed by atoms with Gasteiger partial charge in [0.25, 0.3) is 5.91 Å². The van der Waals surface area contributed by atoms with Gasteiger partial charge in [0.1, 0.15) is 17.6 Å². The number of allylic oxidation sites excluding steroid dienone is 2. The molecule has 0 aromatic heterocycles. The van der Waals surface area contributed by atoms with Crippen molar-refractivity contribution in [3.05, 3.63) is 35.4 Å². The molecule has 0 spiro atoms. The number of aliphatic imine (C=N–C) groups is 1. The van der Waals surface area contributed by atoms with E-state index in [9.17, 15) is 14.7 Å². The van der Waals surface area contributed by atoms with Crippen LogP contribution in [-0.2, 0) is 16.0 Å². The lowest BCUT2D eigenvalue weighted by molar-refractivity contribution is -0.130. The van der Waals surface area contributed by atoms with E-state index in [1.807, 2.05) is 12.1 Å². The number of carbonyl (C=O) groups excluding carboxylic acids is 2. The molecule has 1 aliphatic rings. The molecular formula is C19H20N2O4S. The number of nitrogens with zero attached hydrogens (tertiary/aromatic N) is 1. The first-order chi connectivity index (χ1) is 12.4. The number of hydrogen-bond acceptors (Lipinski definition) is 6. The van der Waals surface area contributed by atoms with E-state index >= 15 is 0 Å². The fourth-order valence-corrected chi connectivity index (χ4v) is 2.69. The van der Waals surface area contributed by atoms with E-state index in [1.165, 1.54) is 18.7 Å². The van der Waals surface area contributed by atoms with Gasteiger partial charge in [0.05, 0.1) is 12.3 Å². The maximum absolute atomic E-state index is 12.4. The summed E-state index contributed by atoms with van der Waals surface area (Å²) < 4.78 is 5.76. The molecule has 0 saturated carbocycles. The number of hydrogen-bond donors (Lipinski definition) is 2. The van der Waals surface area contributed by atoms with Gasteiger partial charge in [-0.25, -0.2) is 0 Å². The van der Waals surface area contributed by atoms with Crippen LogP contribution in [0.4, 0.5) is 5.69 Å². The van der Waals surface area contributed by atoms with E-state index in [1.54, 1.807) is 24.6 Å². The number of terminal acetylenes is 1. The number of benzene rings is 1. The molecule has 136 valence electrons. The minimum absolute atomic E-state index is 0.496. The third-order valence-corrected chi connectivity index (χ3v) is 4.51. The van der Waals surface area contributed by atoms with Crippen molar-refractivity contribution in [2.45, 2.75) is 24.3 Å². The minimum atomic E-state index is -1.34. The number of aldehydes is 1. The van der Waals surface area contributed by atoms with Crippen LogP contribution < -0.4 is 10.1 Å². The molecule has 2 N–H and O–H groups in total. The number of ether oxygens (including phenoxy) is 1. The monoisotopic (exact) mass is 372 g/mol. The Morgan fingerprint density at radius 1 is 1.62 bits per heavy atom. The maximum Gasteiger partial charge on any atom is 0.272 e. The zero-order chi connectivity index (χ0) is 19.2. The maximum atomic E-state index is 12.4. The number of amides is 1. The zero-order valence-corrected chi connectivity index (χ0v) is 15.4. The van der Waals surface area contributed by atoms with Gasteiger partial charge < -0.3 is 20.0 Å². The summed E-state index contributed by atoms with van der Waals surface area (Å²) in [5, 5.41) is 11.7. The van der Waals surface area contributed by atoms with Crippen LogP contribution >= 0.6 is 11.8 Å². The summed E-state index contributed by atoms with van der Waals surface area (Å²) in [5.41, 5.74) is 0.218. The first-order valence-electron chi connectivity index (χ1n) is 7.87. The molecule has 26 heavy (non-hydrogen) atoms. The fourth-order valence-electron chi connectivity index (χ4n) is 2.21. The van der Waals surface area contributed by atoms with Gasteiger partial charge in [0, 0.05) is 11.8 Å². The van der Waals surface area contributed by atoms with Crippen molar-refractivity contribution in [1.82, 2.24) is 5.32 Å². The van der Waals surface area contributed by atoms with Gasteiger partial charge in [0.2, 0.25) is 5.44 Å². The third-order valence-electron chi connectivity index (χ3n) is 3.77. The molecule has 0 saturated heterocycles. The Bertz CT molecular complexity index is 797. The summed E-state index contributed by atoms with van der Waals surface area (Å²) in [5.74, 6) is 2.56.